The molecule has 1 aliphatic heterocycles. The summed E-state index contributed by atoms with van der Waals surface area (Å²) in [5, 5.41) is 0.632. The lowest BCUT2D eigenvalue weighted by atomic mass is 10.1. The largest absolute Gasteiger partial charge is 0.256 e. The number of sulfonamides is 1. The molecule has 1 aromatic carbocycles. The maximum Gasteiger partial charge on any atom is 0.214 e. The topological polar surface area (TPSA) is 50.3 Å². The molecule has 3 rings (SSSR count). The van der Waals surface area contributed by atoms with Crippen molar-refractivity contribution in [3.63, 3.8) is 0 Å². The minimum Gasteiger partial charge on any atom is -0.256 e. The van der Waals surface area contributed by atoms with Crippen molar-refractivity contribution in [3.8, 4) is 11.3 Å². The van der Waals surface area contributed by atoms with Crippen LogP contribution in [0.15, 0.2) is 42.6 Å². The lowest BCUT2D eigenvalue weighted by Gasteiger charge is -2.14. The standard InChI is InChI=1S/C15H15ClN2O2S/c16-14-5-6-17-15(10-14)13-4-1-3-12(9-13)11-18-7-2-8-21(18,19)20/h1,3-6,9-10H,2,7-8,11H2. The Labute approximate surface area is 129 Å². The quantitative estimate of drug-likeness (QED) is 0.873. The highest BCUT2D eigenvalue weighted by Crippen LogP contribution is 2.23. The van der Waals surface area contributed by atoms with Crippen LogP contribution in [0, 0.1) is 0 Å². The maximum atomic E-state index is 11.9. The van der Waals surface area contributed by atoms with Crippen molar-refractivity contribution in [2.24, 2.45) is 0 Å². The van der Waals surface area contributed by atoms with E-state index in [-0.39, 0.29) is 5.75 Å². The van der Waals surface area contributed by atoms with Crippen LogP contribution in [0.5, 0.6) is 0 Å². The van der Waals surface area contributed by atoms with E-state index in [0.717, 1.165) is 16.8 Å². The van der Waals surface area contributed by atoms with Crippen LogP contribution in [0.3, 0.4) is 0 Å². The molecular formula is C15H15ClN2O2S. The number of halogens is 1. The molecule has 0 N–H and O–H groups in total. The Morgan fingerprint density at radius 3 is 2.81 bits per heavy atom. The molecule has 0 radical (unpaired) electrons. The normalized spacial score (nSPS) is 18.0. The Morgan fingerprint density at radius 1 is 1.24 bits per heavy atom. The van der Waals surface area contributed by atoms with E-state index in [4.69, 9.17) is 11.6 Å². The van der Waals surface area contributed by atoms with E-state index in [1.54, 1.807) is 18.3 Å². The highest BCUT2D eigenvalue weighted by atomic mass is 35.5. The smallest absolute Gasteiger partial charge is 0.214 e. The molecule has 0 bridgehead atoms. The first-order chi connectivity index (χ1) is 10.0. The molecule has 0 aliphatic carbocycles. The molecule has 1 aliphatic rings. The van der Waals surface area contributed by atoms with Crippen LogP contribution in [0.1, 0.15) is 12.0 Å². The Hall–Kier alpha value is -1.43. The zero-order valence-corrected chi connectivity index (χ0v) is 12.9. The molecule has 0 atom stereocenters. The average Bonchev–Trinajstić information content (AvgIpc) is 2.78. The zero-order valence-electron chi connectivity index (χ0n) is 11.4. The van der Waals surface area contributed by atoms with E-state index in [9.17, 15) is 8.42 Å². The number of hydrogen-bond acceptors (Lipinski definition) is 3. The van der Waals surface area contributed by atoms with Gasteiger partial charge >= 0.3 is 0 Å². The molecule has 6 heteroatoms. The van der Waals surface area contributed by atoms with Gasteiger partial charge in [-0.3, -0.25) is 4.98 Å². The molecule has 0 unspecified atom stereocenters. The molecule has 110 valence electrons. The van der Waals surface area contributed by atoms with Gasteiger partial charge in [-0.05, 0) is 30.2 Å². The van der Waals surface area contributed by atoms with Crippen LogP contribution in [-0.4, -0.2) is 30.0 Å². The highest BCUT2D eigenvalue weighted by Gasteiger charge is 2.27. The van der Waals surface area contributed by atoms with Crippen LogP contribution < -0.4 is 0 Å². The maximum absolute atomic E-state index is 11.9. The Balaban J connectivity index is 1.87. The molecule has 1 saturated heterocycles. The monoisotopic (exact) mass is 322 g/mol. The van der Waals surface area contributed by atoms with Crippen molar-refractivity contribution in [3.05, 3.63) is 53.2 Å². The Bertz CT molecular complexity index is 762. The van der Waals surface area contributed by atoms with Gasteiger partial charge in [0.25, 0.3) is 0 Å². The lowest BCUT2D eigenvalue weighted by molar-refractivity contribution is 0.440. The van der Waals surface area contributed by atoms with Gasteiger partial charge in [-0.25, -0.2) is 8.42 Å². The molecule has 4 nitrogen and oxygen atoms in total. The predicted octanol–water partition coefficient (Wildman–Crippen LogP) is 2.94. The summed E-state index contributed by atoms with van der Waals surface area (Å²) >= 11 is 5.98. The van der Waals surface area contributed by atoms with Crippen LogP contribution in [0.25, 0.3) is 11.3 Å². The van der Waals surface area contributed by atoms with Crippen LogP contribution in [-0.2, 0) is 16.6 Å². The van der Waals surface area contributed by atoms with Crippen LogP contribution in [0.4, 0.5) is 0 Å². The van der Waals surface area contributed by atoms with Gasteiger partial charge in [0, 0.05) is 29.9 Å². The summed E-state index contributed by atoms with van der Waals surface area (Å²) in [6.07, 6.45) is 2.37. The van der Waals surface area contributed by atoms with Crippen molar-refractivity contribution in [1.29, 1.82) is 0 Å². The zero-order chi connectivity index (χ0) is 14.9. The summed E-state index contributed by atoms with van der Waals surface area (Å²) in [5.41, 5.74) is 2.68. The van der Waals surface area contributed by atoms with E-state index < -0.39 is 10.0 Å². The first-order valence-electron chi connectivity index (χ1n) is 6.73. The van der Waals surface area contributed by atoms with Crippen molar-refractivity contribution < 1.29 is 8.42 Å². The molecule has 2 heterocycles. The molecule has 0 saturated carbocycles. The van der Waals surface area contributed by atoms with Crippen LogP contribution >= 0.6 is 11.6 Å². The second-order valence-electron chi connectivity index (χ2n) is 5.06. The number of nitrogens with zero attached hydrogens (tertiary/aromatic N) is 2. The van der Waals surface area contributed by atoms with Gasteiger partial charge in [0.2, 0.25) is 10.0 Å². The fourth-order valence-electron chi connectivity index (χ4n) is 2.46. The molecular weight excluding hydrogens is 308 g/mol. The van der Waals surface area contributed by atoms with Gasteiger partial charge in [-0.1, -0.05) is 29.8 Å². The predicted molar refractivity (Wildman–Crippen MR) is 83.5 cm³/mol. The van der Waals surface area contributed by atoms with Gasteiger partial charge in [-0.2, -0.15) is 4.31 Å². The Morgan fingerprint density at radius 2 is 2.10 bits per heavy atom. The lowest BCUT2D eigenvalue weighted by Crippen LogP contribution is -2.25. The van der Waals surface area contributed by atoms with E-state index in [1.165, 1.54) is 4.31 Å². The molecule has 2 aromatic rings. The fraction of sp³-hybridized carbons (Fsp3) is 0.267. The first kappa shape index (κ1) is 14.5. The minimum atomic E-state index is -3.07. The average molecular weight is 323 g/mol. The molecule has 0 amide bonds. The summed E-state index contributed by atoms with van der Waals surface area (Å²) in [6, 6.07) is 11.3. The number of hydrogen-bond donors (Lipinski definition) is 0. The highest BCUT2D eigenvalue weighted by molar-refractivity contribution is 7.89. The van der Waals surface area contributed by atoms with Crippen molar-refractivity contribution >= 4 is 21.6 Å². The summed E-state index contributed by atoms with van der Waals surface area (Å²) in [5.74, 6) is 0.253. The third kappa shape index (κ3) is 3.26. The molecule has 1 fully saturated rings. The number of benzene rings is 1. The first-order valence-corrected chi connectivity index (χ1v) is 8.72. The SMILES string of the molecule is O=S1(=O)CCCN1Cc1cccc(-c2cc(Cl)ccn2)c1. The van der Waals surface area contributed by atoms with Gasteiger partial charge in [0.15, 0.2) is 0 Å². The van der Waals surface area contributed by atoms with Crippen molar-refractivity contribution in [2.75, 3.05) is 12.3 Å². The number of pyridine rings is 1. The van der Waals surface area contributed by atoms with E-state index in [0.29, 0.717) is 24.5 Å². The summed E-state index contributed by atoms with van der Waals surface area (Å²) < 4.78 is 25.3. The van der Waals surface area contributed by atoms with Crippen LogP contribution in [0.2, 0.25) is 5.02 Å². The van der Waals surface area contributed by atoms with E-state index >= 15 is 0 Å². The van der Waals surface area contributed by atoms with Crippen molar-refractivity contribution in [1.82, 2.24) is 9.29 Å². The number of rotatable bonds is 3. The van der Waals surface area contributed by atoms with Gasteiger partial charge in [-0.15, -0.1) is 0 Å². The van der Waals surface area contributed by atoms with Gasteiger partial charge in [0.1, 0.15) is 0 Å². The third-order valence-corrected chi connectivity index (χ3v) is 5.64. The Kier molecular flexibility index (Phi) is 3.97. The fourth-order valence-corrected chi connectivity index (χ4v) is 4.13. The molecule has 21 heavy (non-hydrogen) atoms. The molecule has 1 aromatic heterocycles. The molecule has 0 spiro atoms. The van der Waals surface area contributed by atoms with E-state index in [2.05, 4.69) is 4.98 Å². The second-order valence-corrected chi connectivity index (χ2v) is 7.59. The third-order valence-electron chi connectivity index (χ3n) is 3.51. The second kappa shape index (κ2) is 5.75. The number of aromatic nitrogens is 1. The van der Waals surface area contributed by atoms with Gasteiger partial charge in [0.05, 0.1) is 11.4 Å². The van der Waals surface area contributed by atoms with E-state index in [1.807, 2.05) is 24.3 Å². The van der Waals surface area contributed by atoms with Gasteiger partial charge < -0.3 is 0 Å². The summed E-state index contributed by atoms with van der Waals surface area (Å²) in [7, 11) is -3.07. The summed E-state index contributed by atoms with van der Waals surface area (Å²) in [4.78, 5) is 4.30. The summed E-state index contributed by atoms with van der Waals surface area (Å²) in [6.45, 7) is 1.01. The minimum absolute atomic E-state index is 0.253. The van der Waals surface area contributed by atoms with Crippen molar-refractivity contribution in [2.45, 2.75) is 13.0 Å².